The molecular weight excluding hydrogens is 212 g/mol. The zero-order valence-electron chi connectivity index (χ0n) is 8.55. The van der Waals surface area contributed by atoms with E-state index in [9.17, 15) is 8.42 Å². The molecule has 0 aliphatic heterocycles. The van der Waals surface area contributed by atoms with E-state index in [0.717, 1.165) is 6.42 Å². The van der Waals surface area contributed by atoms with Crippen LogP contribution in [-0.4, -0.2) is 13.0 Å². The van der Waals surface area contributed by atoms with Gasteiger partial charge < -0.3 is 0 Å². The second kappa shape index (κ2) is 5.09. The van der Waals surface area contributed by atoms with Crippen molar-refractivity contribution in [2.75, 3.05) is 0 Å². The highest BCUT2D eigenvalue weighted by molar-refractivity contribution is 7.95. The lowest BCUT2D eigenvalue weighted by Gasteiger charge is -2.03. The Labute approximate surface area is 90.2 Å². The van der Waals surface area contributed by atoms with Gasteiger partial charge in [0.2, 0.25) is 0 Å². The lowest BCUT2D eigenvalue weighted by molar-refractivity contribution is 0.496. The van der Waals surface area contributed by atoms with Crippen molar-refractivity contribution in [3.63, 3.8) is 0 Å². The summed E-state index contributed by atoms with van der Waals surface area (Å²) in [4.78, 5) is -0.00931. The van der Waals surface area contributed by atoms with Crippen LogP contribution in [0, 0.1) is 0 Å². The average molecular weight is 226 g/mol. The van der Waals surface area contributed by atoms with Crippen LogP contribution in [0.1, 0.15) is 25.3 Å². The van der Waals surface area contributed by atoms with Gasteiger partial charge in [0.05, 0.1) is 4.91 Å². The normalized spacial score (nSPS) is 12.8. The Morgan fingerprint density at radius 2 is 1.93 bits per heavy atom. The minimum absolute atomic E-state index is 0.00931. The molecule has 1 aromatic carbocycles. The summed E-state index contributed by atoms with van der Waals surface area (Å²) in [7, 11) is -4.13. The first kappa shape index (κ1) is 11.9. The van der Waals surface area contributed by atoms with Crippen LogP contribution in [0.25, 0.3) is 4.91 Å². The van der Waals surface area contributed by atoms with Crippen LogP contribution >= 0.6 is 0 Å². The fourth-order valence-corrected chi connectivity index (χ4v) is 2.01. The second-order valence-electron chi connectivity index (χ2n) is 3.20. The predicted octanol–water partition coefficient (Wildman–Crippen LogP) is 2.72. The van der Waals surface area contributed by atoms with E-state index in [1.807, 2.05) is 6.92 Å². The van der Waals surface area contributed by atoms with Gasteiger partial charge in [0.25, 0.3) is 10.1 Å². The van der Waals surface area contributed by atoms with Crippen LogP contribution in [0.2, 0.25) is 0 Å². The van der Waals surface area contributed by atoms with Crippen molar-refractivity contribution in [1.82, 2.24) is 0 Å². The zero-order chi connectivity index (χ0) is 11.3. The summed E-state index contributed by atoms with van der Waals surface area (Å²) < 4.78 is 31.3. The number of hydrogen-bond acceptors (Lipinski definition) is 2. The smallest absolute Gasteiger partial charge is 0.282 e. The highest BCUT2D eigenvalue weighted by Gasteiger charge is 2.14. The largest absolute Gasteiger partial charge is 0.294 e. The summed E-state index contributed by atoms with van der Waals surface area (Å²) in [5, 5.41) is 0. The molecule has 0 bridgehead atoms. The predicted molar refractivity (Wildman–Crippen MR) is 60.9 cm³/mol. The molecule has 0 unspecified atom stereocenters. The van der Waals surface area contributed by atoms with E-state index in [1.54, 1.807) is 36.4 Å². The van der Waals surface area contributed by atoms with Gasteiger partial charge in [-0.3, -0.25) is 4.55 Å². The van der Waals surface area contributed by atoms with Gasteiger partial charge in [-0.2, -0.15) is 8.42 Å². The van der Waals surface area contributed by atoms with E-state index < -0.39 is 10.1 Å². The van der Waals surface area contributed by atoms with E-state index in [-0.39, 0.29) is 4.91 Å². The highest BCUT2D eigenvalue weighted by Crippen LogP contribution is 2.20. The SMILES string of the molecule is CCCC=C(c1ccccc1)S(=O)(=O)O. The maximum absolute atomic E-state index is 11.1. The molecule has 0 radical (unpaired) electrons. The maximum atomic E-state index is 11.1. The van der Waals surface area contributed by atoms with Crippen LogP contribution in [0.5, 0.6) is 0 Å². The summed E-state index contributed by atoms with van der Waals surface area (Å²) in [6.45, 7) is 1.95. The molecule has 0 atom stereocenters. The van der Waals surface area contributed by atoms with Gasteiger partial charge in [-0.1, -0.05) is 49.8 Å². The molecule has 4 heteroatoms. The van der Waals surface area contributed by atoms with E-state index in [1.165, 1.54) is 0 Å². The minimum atomic E-state index is -4.13. The Hall–Kier alpha value is -1.13. The third-order valence-corrected chi connectivity index (χ3v) is 2.91. The summed E-state index contributed by atoms with van der Waals surface area (Å²) in [6, 6.07) is 8.59. The number of allylic oxidation sites excluding steroid dienone is 1. The van der Waals surface area contributed by atoms with Gasteiger partial charge in [0, 0.05) is 0 Å². The van der Waals surface area contributed by atoms with Crippen LogP contribution in [0.4, 0.5) is 0 Å². The van der Waals surface area contributed by atoms with Gasteiger partial charge in [-0.05, 0) is 12.0 Å². The number of hydrogen-bond donors (Lipinski definition) is 1. The maximum Gasteiger partial charge on any atom is 0.294 e. The minimum Gasteiger partial charge on any atom is -0.282 e. The molecule has 1 N–H and O–H groups in total. The lowest BCUT2D eigenvalue weighted by atomic mass is 10.2. The lowest BCUT2D eigenvalue weighted by Crippen LogP contribution is -2.01. The van der Waals surface area contributed by atoms with Crippen molar-refractivity contribution in [3.8, 4) is 0 Å². The number of benzene rings is 1. The Morgan fingerprint density at radius 1 is 1.33 bits per heavy atom. The Bertz CT molecular complexity index is 432. The third-order valence-electron chi connectivity index (χ3n) is 1.95. The van der Waals surface area contributed by atoms with E-state index in [4.69, 9.17) is 4.55 Å². The fraction of sp³-hybridized carbons (Fsp3) is 0.273. The van der Waals surface area contributed by atoms with Crippen LogP contribution in [-0.2, 0) is 10.1 Å². The Morgan fingerprint density at radius 3 is 2.40 bits per heavy atom. The Kier molecular flexibility index (Phi) is 4.05. The zero-order valence-corrected chi connectivity index (χ0v) is 9.37. The van der Waals surface area contributed by atoms with Crippen molar-refractivity contribution in [2.24, 2.45) is 0 Å². The highest BCUT2D eigenvalue weighted by atomic mass is 32.2. The van der Waals surface area contributed by atoms with Crippen molar-refractivity contribution >= 4 is 15.0 Å². The van der Waals surface area contributed by atoms with E-state index in [2.05, 4.69) is 0 Å². The molecule has 0 heterocycles. The molecule has 0 spiro atoms. The summed E-state index contributed by atoms with van der Waals surface area (Å²) in [5.41, 5.74) is 0.522. The summed E-state index contributed by atoms with van der Waals surface area (Å²) >= 11 is 0. The van der Waals surface area contributed by atoms with Gasteiger partial charge in [0.15, 0.2) is 0 Å². The van der Waals surface area contributed by atoms with Gasteiger partial charge in [-0.25, -0.2) is 0 Å². The topological polar surface area (TPSA) is 54.4 Å². The third kappa shape index (κ3) is 3.49. The fourth-order valence-electron chi connectivity index (χ4n) is 1.25. The average Bonchev–Trinajstić information content (AvgIpc) is 2.18. The van der Waals surface area contributed by atoms with Crippen molar-refractivity contribution < 1.29 is 13.0 Å². The number of unbranched alkanes of at least 4 members (excludes halogenated alkanes) is 1. The van der Waals surface area contributed by atoms with Crippen molar-refractivity contribution in [3.05, 3.63) is 42.0 Å². The van der Waals surface area contributed by atoms with E-state index >= 15 is 0 Å². The quantitative estimate of drug-likeness (QED) is 0.803. The standard InChI is InChI=1S/C11H14O3S/c1-2-3-9-11(15(12,13)14)10-7-5-4-6-8-10/h4-9H,2-3H2,1H3,(H,12,13,14). The molecule has 3 nitrogen and oxygen atoms in total. The molecule has 0 aliphatic rings. The molecule has 0 saturated heterocycles. The van der Waals surface area contributed by atoms with Gasteiger partial charge >= 0.3 is 0 Å². The number of rotatable bonds is 4. The first-order chi connectivity index (χ1) is 7.05. The molecule has 0 fully saturated rings. The van der Waals surface area contributed by atoms with E-state index in [0.29, 0.717) is 12.0 Å². The molecule has 1 rings (SSSR count). The molecule has 0 saturated carbocycles. The monoisotopic (exact) mass is 226 g/mol. The Balaban J connectivity index is 3.15. The van der Waals surface area contributed by atoms with Crippen molar-refractivity contribution in [2.45, 2.75) is 19.8 Å². The molecule has 0 aliphatic carbocycles. The first-order valence-electron chi connectivity index (χ1n) is 4.78. The van der Waals surface area contributed by atoms with Crippen LogP contribution in [0.3, 0.4) is 0 Å². The van der Waals surface area contributed by atoms with Gasteiger partial charge in [0.1, 0.15) is 0 Å². The van der Waals surface area contributed by atoms with Crippen LogP contribution < -0.4 is 0 Å². The molecule has 0 aromatic heterocycles. The second-order valence-corrected chi connectivity index (χ2v) is 4.59. The molecular formula is C11H14O3S. The molecule has 1 aromatic rings. The van der Waals surface area contributed by atoms with Gasteiger partial charge in [-0.15, -0.1) is 0 Å². The molecule has 82 valence electrons. The molecule has 15 heavy (non-hydrogen) atoms. The summed E-state index contributed by atoms with van der Waals surface area (Å²) in [5.74, 6) is 0. The summed E-state index contributed by atoms with van der Waals surface area (Å²) in [6.07, 6.45) is 3.01. The molecule has 0 amide bonds. The first-order valence-corrected chi connectivity index (χ1v) is 6.22. The van der Waals surface area contributed by atoms with Crippen LogP contribution in [0.15, 0.2) is 36.4 Å². The van der Waals surface area contributed by atoms with Crippen molar-refractivity contribution in [1.29, 1.82) is 0 Å².